The largest absolute Gasteiger partial charge is 0.126 e. The minimum Gasteiger partial charge on any atom is -0.126 e. The van der Waals surface area contributed by atoms with E-state index in [0.29, 0.717) is 0 Å². The lowest BCUT2D eigenvalue weighted by molar-refractivity contribution is 0.451. The Kier molecular flexibility index (Phi) is 7.43. The van der Waals surface area contributed by atoms with Gasteiger partial charge in [0, 0.05) is 4.90 Å². The van der Waals surface area contributed by atoms with Crippen LogP contribution < -0.4 is 0 Å². The Morgan fingerprint density at radius 3 is 2.29 bits per heavy atom. The molecule has 0 amide bonds. The zero-order valence-electron chi connectivity index (χ0n) is 11.5. The van der Waals surface area contributed by atoms with Crippen LogP contribution in [-0.4, -0.2) is 5.75 Å². The molecule has 0 fully saturated rings. The molecule has 1 aromatic rings. The molecule has 0 radical (unpaired) electrons. The summed E-state index contributed by atoms with van der Waals surface area (Å²) in [5, 5.41) is 0. The van der Waals surface area contributed by atoms with Crippen molar-refractivity contribution in [3.63, 3.8) is 0 Å². The Morgan fingerprint density at radius 2 is 1.65 bits per heavy atom. The van der Waals surface area contributed by atoms with Gasteiger partial charge in [-0.15, -0.1) is 11.8 Å². The lowest BCUT2D eigenvalue weighted by Gasteiger charge is -2.11. The van der Waals surface area contributed by atoms with Crippen molar-refractivity contribution in [3.05, 3.63) is 30.3 Å². The minimum atomic E-state index is 0.862. The molecule has 0 N–H and O–H groups in total. The zero-order valence-corrected chi connectivity index (χ0v) is 12.3. The normalized spacial score (nSPS) is 12.9. The summed E-state index contributed by atoms with van der Waals surface area (Å²) in [5.74, 6) is 3.00. The van der Waals surface area contributed by atoms with Crippen LogP contribution in [0.3, 0.4) is 0 Å². The standard InChI is InChI=1S/C16H26S/c1-14(2)8-7-9-15(3)12-13-17-16-10-5-4-6-11-16/h4-6,10-11,14-15H,7-9,12-13H2,1-3H3/t15-/m1/s1. The average Bonchev–Trinajstić information content (AvgIpc) is 2.30. The van der Waals surface area contributed by atoms with Crippen LogP contribution in [0.1, 0.15) is 46.5 Å². The fourth-order valence-electron chi connectivity index (χ4n) is 1.91. The molecular formula is C16H26S. The van der Waals surface area contributed by atoms with E-state index in [1.54, 1.807) is 0 Å². The molecule has 0 heterocycles. The van der Waals surface area contributed by atoms with E-state index in [1.807, 2.05) is 11.8 Å². The first-order chi connectivity index (χ1) is 8.18. The van der Waals surface area contributed by atoms with Crippen molar-refractivity contribution in [2.45, 2.75) is 51.3 Å². The van der Waals surface area contributed by atoms with Crippen LogP contribution in [0, 0.1) is 11.8 Å². The summed E-state index contributed by atoms with van der Waals surface area (Å²) in [6, 6.07) is 10.7. The van der Waals surface area contributed by atoms with Crippen LogP contribution in [-0.2, 0) is 0 Å². The lowest BCUT2D eigenvalue weighted by atomic mass is 9.98. The number of hydrogen-bond acceptors (Lipinski definition) is 1. The van der Waals surface area contributed by atoms with E-state index in [0.717, 1.165) is 11.8 Å². The van der Waals surface area contributed by atoms with Gasteiger partial charge in [0.1, 0.15) is 0 Å². The third-order valence-corrected chi connectivity index (χ3v) is 4.15. The number of benzene rings is 1. The first kappa shape index (κ1) is 14.6. The van der Waals surface area contributed by atoms with Gasteiger partial charge in [-0.2, -0.15) is 0 Å². The topological polar surface area (TPSA) is 0 Å². The second-order valence-corrected chi connectivity index (χ2v) is 6.55. The number of rotatable bonds is 8. The summed E-state index contributed by atoms with van der Waals surface area (Å²) in [6.45, 7) is 7.03. The molecular weight excluding hydrogens is 224 g/mol. The first-order valence-corrected chi connectivity index (χ1v) is 7.85. The summed E-state index contributed by atoms with van der Waals surface area (Å²) < 4.78 is 0. The molecule has 1 rings (SSSR count). The monoisotopic (exact) mass is 250 g/mol. The highest BCUT2D eigenvalue weighted by Crippen LogP contribution is 2.22. The maximum atomic E-state index is 2.39. The fraction of sp³-hybridized carbons (Fsp3) is 0.625. The van der Waals surface area contributed by atoms with Crippen LogP contribution >= 0.6 is 11.8 Å². The molecule has 0 saturated heterocycles. The second-order valence-electron chi connectivity index (χ2n) is 5.38. The van der Waals surface area contributed by atoms with Crippen molar-refractivity contribution in [3.8, 4) is 0 Å². The van der Waals surface area contributed by atoms with Crippen molar-refractivity contribution in [1.82, 2.24) is 0 Å². The molecule has 1 atom stereocenters. The minimum absolute atomic E-state index is 0.862. The van der Waals surface area contributed by atoms with Gasteiger partial charge in [0.15, 0.2) is 0 Å². The summed E-state index contributed by atoms with van der Waals surface area (Å²) in [7, 11) is 0. The molecule has 0 spiro atoms. The van der Waals surface area contributed by atoms with Gasteiger partial charge in [-0.05, 0) is 36.1 Å². The maximum absolute atomic E-state index is 2.39. The van der Waals surface area contributed by atoms with Crippen LogP contribution in [0.4, 0.5) is 0 Å². The van der Waals surface area contributed by atoms with Gasteiger partial charge in [-0.3, -0.25) is 0 Å². The number of hydrogen-bond donors (Lipinski definition) is 0. The smallest absolute Gasteiger partial charge is 0.00719 e. The van der Waals surface area contributed by atoms with E-state index in [9.17, 15) is 0 Å². The Morgan fingerprint density at radius 1 is 0.941 bits per heavy atom. The van der Waals surface area contributed by atoms with Gasteiger partial charge in [0.25, 0.3) is 0 Å². The van der Waals surface area contributed by atoms with Crippen LogP contribution in [0.5, 0.6) is 0 Å². The summed E-state index contributed by atoms with van der Waals surface area (Å²) in [4.78, 5) is 1.40. The predicted molar refractivity (Wildman–Crippen MR) is 79.6 cm³/mol. The SMILES string of the molecule is CC(C)CCC[C@@H](C)CCSc1ccccc1. The van der Waals surface area contributed by atoms with E-state index in [-0.39, 0.29) is 0 Å². The van der Waals surface area contributed by atoms with Crippen LogP contribution in [0.25, 0.3) is 0 Å². The highest BCUT2D eigenvalue weighted by molar-refractivity contribution is 7.99. The molecule has 0 bridgehead atoms. The molecule has 0 unspecified atom stereocenters. The lowest BCUT2D eigenvalue weighted by Crippen LogP contribution is -1.98. The molecule has 17 heavy (non-hydrogen) atoms. The Bertz CT molecular complexity index is 279. The van der Waals surface area contributed by atoms with Gasteiger partial charge in [-0.1, -0.05) is 58.2 Å². The third-order valence-electron chi connectivity index (χ3n) is 3.10. The Balaban J connectivity index is 2.06. The molecule has 0 nitrogen and oxygen atoms in total. The van der Waals surface area contributed by atoms with Gasteiger partial charge in [0.2, 0.25) is 0 Å². The van der Waals surface area contributed by atoms with Crippen molar-refractivity contribution in [1.29, 1.82) is 0 Å². The average molecular weight is 250 g/mol. The highest BCUT2D eigenvalue weighted by Gasteiger charge is 2.03. The van der Waals surface area contributed by atoms with E-state index in [1.165, 1.54) is 36.3 Å². The molecule has 0 aliphatic carbocycles. The molecule has 0 aliphatic heterocycles. The summed E-state index contributed by atoms with van der Waals surface area (Å²) in [5.41, 5.74) is 0. The Labute approximate surface area is 111 Å². The molecule has 96 valence electrons. The van der Waals surface area contributed by atoms with E-state index in [4.69, 9.17) is 0 Å². The van der Waals surface area contributed by atoms with Gasteiger partial charge in [-0.25, -0.2) is 0 Å². The molecule has 1 heteroatoms. The Hall–Kier alpha value is -0.430. The maximum Gasteiger partial charge on any atom is 0.00719 e. The van der Waals surface area contributed by atoms with E-state index in [2.05, 4.69) is 51.1 Å². The fourth-order valence-corrected chi connectivity index (χ4v) is 3.02. The quantitative estimate of drug-likeness (QED) is 0.539. The van der Waals surface area contributed by atoms with E-state index >= 15 is 0 Å². The van der Waals surface area contributed by atoms with Crippen molar-refractivity contribution < 1.29 is 0 Å². The van der Waals surface area contributed by atoms with Crippen molar-refractivity contribution in [2.24, 2.45) is 11.8 Å². The third kappa shape index (κ3) is 7.49. The first-order valence-electron chi connectivity index (χ1n) is 6.86. The predicted octanol–water partition coefficient (Wildman–Crippen LogP) is 5.63. The molecule has 1 aromatic carbocycles. The van der Waals surface area contributed by atoms with Gasteiger partial charge < -0.3 is 0 Å². The second kappa shape index (κ2) is 8.63. The van der Waals surface area contributed by atoms with Crippen LogP contribution in [0.15, 0.2) is 35.2 Å². The van der Waals surface area contributed by atoms with Gasteiger partial charge in [0.05, 0.1) is 0 Å². The molecule has 0 saturated carbocycles. The van der Waals surface area contributed by atoms with Crippen molar-refractivity contribution in [2.75, 3.05) is 5.75 Å². The summed E-state index contributed by atoms with van der Waals surface area (Å²) in [6.07, 6.45) is 5.52. The molecule has 0 aromatic heterocycles. The molecule has 0 aliphatic rings. The van der Waals surface area contributed by atoms with Crippen LogP contribution in [0.2, 0.25) is 0 Å². The number of thioether (sulfide) groups is 1. The van der Waals surface area contributed by atoms with E-state index < -0.39 is 0 Å². The van der Waals surface area contributed by atoms with Crippen molar-refractivity contribution >= 4 is 11.8 Å². The van der Waals surface area contributed by atoms with Gasteiger partial charge >= 0.3 is 0 Å². The highest BCUT2D eigenvalue weighted by atomic mass is 32.2. The zero-order chi connectivity index (χ0) is 12.5. The summed E-state index contributed by atoms with van der Waals surface area (Å²) >= 11 is 1.99.